The smallest absolute Gasteiger partial charge is 0.247 e. The maximum atomic E-state index is 12.2. The molecule has 5 heteroatoms. The summed E-state index contributed by atoms with van der Waals surface area (Å²) in [6, 6.07) is 7.87. The fraction of sp³-hybridized carbons (Fsp3) is 0.471. The van der Waals surface area contributed by atoms with Crippen molar-refractivity contribution in [2.75, 3.05) is 0 Å². The highest BCUT2D eigenvalue weighted by molar-refractivity contribution is 5.92. The van der Waals surface area contributed by atoms with Gasteiger partial charge in [0.05, 0.1) is 11.7 Å². The highest BCUT2D eigenvalue weighted by atomic mass is 16.2. The first kappa shape index (κ1) is 14.8. The van der Waals surface area contributed by atoms with Crippen LogP contribution in [0.5, 0.6) is 0 Å². The van der Waals surface area contributed by atoms with E-state index in [9.17, 15) is 9.59 Å². The van der Waals surface area contributed by atoms with Crippen molar-refractivity contribution in [2.24, 2.45) is 0 Å². The van der Waals surface area contributed by atoms with Gasteiger partial charge in [-0.3, -0.25) is 9.59 Å². The first-order valence-corrected chi connectivity index (χ1v) is 7.99. The number of nitrogens with zero attached hydrogens (tertiary/aromatic N) is 2. The van der Waals surface area contributed by atoms with Crippen molar-refractivity contribution in [3.8, 4) is 0 Å². The maximum absolute atomic E-state index is 12.2. The van der Waals surface area contributed by atoms with Crippen LogP contribution in [0, 0.1) is 0 Å². The second kappa shape index (κ2) is 6.73. The van der Waals surface area contributed by atoms with E-state index in [1.54, 1.807) is 6.20 Å². The summed E-state index contributed by atoms with van der Waals surface area (Å²) >= 11 is 0. The van der Waals surface area contributed by atoms with E-state index >= 15 is 0 Å². The number of hydrogen-bond donors (Lipinski definition) is 1. The van der Waals surface area contributed by atoms with E-state index in [0.29, 0.717) is 6.04 Å². The van der Waals surface area contributed by atoms with E-state index in [4.69, 9.17) is 0 Å². The second-order valence-electron chi connectivity index (χ2n) is 5.91. The van der Waals surface area contributed by atoms with Crippen molar-refractivity contribution >= 4 is 22.7 Å². The number of rotatable bonds is 4. The van der Waals surface area contributed by atoms with Crippen molar-refractivity contribution in [2.45, 2.75) is 51.0 Å². The molecule has 1 saturated carbocycles. The monoisotopic (exact) mass is 299 g/mol. The van der Waals surface area contributed by atoms with Gasteiger partial charge in [-0.1, -0.05) is 37.5 Å². The summed E-state index contributed by atoms with van der Waals surface area (Å²) in [6.07, 6.45) is 7.83. The van der Waals surface area contributed by atoms with Crippen molar-refractivity contribution < 1.29 is 9.59 Å². The van der Waals surface area contributed by atoms with Gasteiger partial charge in [-0.05, 0) is 18.9 Å². The molecule has 2 aromatic rings. The lowest BCUT2D eigenvalue weighted by molar-refractivity contribution is -0.122. The largest absolute Gasteiger partial charge is 0.353 e. The fourth-order valence-corrected chi connectivity index (χ4v) is 3.04. The maximum Gasteiger partial charge on any atom is 0.247 e. The molecule has 5 nitrogen and oxygen atoms in total. The molecule has 0 aliphatic heterocycles. The Morgan fingerprint density at radius 2 is 1.91 bits per heavy atom. The summed E-state index contributed by atoms with van der Waals surface area (Å²) in [5.74, 6) is -0.170. The summed E-state index contributed by atoms with van der Waals surface area (Å²) in [5, 5.41) is 8.09. The van der Waals surface area contributed by atoms with E-state index in [1.165, 1.54) is 23.9 Å². The predicted molar refractivity (Wildman–Crippen MR) is 84.6 cm³/mol. The molecule has 1 amide bonds. The van der Waals surface area contributed by atoms with Gasteiger partial charge in [0.15, 0.2) is 0 Å². The van der Waals surface area contributed by atoms with Gasteiger partial charge in [-0.15, -0.1) is 0 Å². The highest BCUT2D eigenvalue weighted by Crippen LogP contribution is 2.17. The molecule has 0 unspecified atom stereocenters. The first-order chi connectivity index (χ1) is 10.7. The van der Waals surface area contributed by atoms with Crippen molar-refractivity contribution in [1.82, 2.24) is 15.1 Å². The van der Waals surface area contributed by atoms with Crippen molar-refractivity contribution in [3.63, 3.8) is 0 Å². The van der Waals surface area contributed by atoms with Crippen molar-refractivity contribution in [3.05, 3.63) is 30.5 Å². The molecule has 1 N–H and O–H groups in total. The average molecular weight is 299 g/mol. The van der Waals surface area contributed by atoms with E-state index in [2.05, 4.69) is 10.4 Å². The normalized spacial score (nSPS) is 15.8. The van der Waals surface area contributed by atoms with Crippen LogP contribution in [-0.4, -0.2) is 27.6 Å². The van der Waals surface area contributed by atoms with Crippen LogP contribution >= 0.6 is 0 Å². The minimum absolute atomic E-state index is 0.0308. The number of aromatic nitrogens is 2. The lowest BCUT2D eigenvalue weighted by Gasteiger charge is -2.22. The zero-order valence-electron chi connectivity index (χ0n) is 12.6. The predicted octanol–water partition coefficient (Wildman–Crippen LogP) is 2.91. The Balaban J connectivity index is 1.54. The number of hydrogen-bond acceptors (Lipinski definition) is 3. The lowest BCUT2D eigenvalue weighted by Crippen LogP contribution is -2.36. The third-order valence-electron chi connectivity index (χ3n) is 4.25. The second-order valence-corrected chi connectivity index (χ2v) is 5.91. The zero-order chi connectivity index (χ0) is 15.4. The fourth-order valence-electron chi connectivity index (χ4n) is 3.04. The van der Waals surface area contributed by atoms with Gasteiger partial charge >= 0.3 is 0 Å². The van der Waals surface area contributed by atoms with Crippen LogP contribution in [-0.2, 0) is 4.79 Å². The van der Waals surface area contributed by atoms with Gasteiger partial charge in [0.1, 0.15) is 0 Å². The molecule has 22 heavy (non-hydrogen) atoms. The molecule has 1 aromatic heterocycles. The third-order valence-corrected chi connectivity index (χ3v) is 4.25. The minimum atomic E-state index is -0.139. The number of nitrogens with one attached hydrogen (secondary N) is 1. The Kier molecular flexibility index (Phi) is 4.51. The van der Waals surface area contributed by atoms with Gasteiger partial charge in [-0.2, -0.15) is 5.10 Å². The van der Waals surface area contributed by atoms with Crippen molar-refractivity contribution in [1.29, 1.82) is 0 Å². The summed E-state index contributed by atoms with van der Waals surface area (Å²) < 4.78 is 1.39. The van der Waals surface area contributed by atoms with E-state index in [1.807, 2.05) is 24.3 Å². The minimum Gasteiger partial charge on any atom is -0.353 e. The number of para-hydroxylation sites is 1. The SMILES string of the molecule is O=C(CCC(=O)n1ncc2ccccc21)NC1CCCCC1. The molecule has 116 valence electrons. The van der Waals surface area contributed by atoms with Crippen LogP contribution in [0.25, 0.3) is 10.9 Å². The zero-order valence-corrected chi connectivity index (χ0v) is 12.6. The molecular formula is C17H21N3O2. The van der Waals surface area contributed by atoms with Crippen LogP contribution in [0.3, 0.4) is 0 Å². The molecule has 1 heterocycles. The van der Waals surface area contributed by atoms with E-state index < -0.39 is 0 Å². The van der Waals surface area contributed by atoms with Gasteiger partial charge in [-0.25, -0.2) is 4.68 Å². The summed E-state index contributed by atoms with van der Waals surface area (Å²) in [6.45, 7) is 0. The number of carbonyl (C=O) groups is 2. The van der Waals surface area contributed by atoms with Crippen LogP contribution in [0.15, 0.2) is 30.5 Å². The average Bonchev–Trinajstić information content (AvgIpc) is 2.98. The summed E-state index contributed by atoms with van der Waals surface area (Å²) in [5.41, 5.74) is 0.792. The van der Waals surface area contributed by atoms with Gasteiger partial charge in [0, 0.05) is 24.3 Å². The molecule has 1 aromatic carbocycles. The highest BCUT2D eigenvalue weighted by Gasteiger charge is 2.17. The quantitative estimate of drug-likeness (QED) is 0.944. The number of amides is 1. The van der Waals surface area contributed by atoms with E-state index in [0.717, 1.165) is 23.7 Å². The van der Waals surface area contributed by atoms with E-state index in [-0.39, 0.29) is 24.7 Å². The Bertz CT molecular complexity index is 671. The molecule has 1 aliphatic carbocycles. The van der Waals surface area contributed by atoms with Gasteiger partial charge < -0.3 is 5.32 Å². The van der Waals surface area contributed by atoms with Crippen LogP contribution in [0.1, 0.15) is 49.7 Å². The van der Waals surface area contributed by atoms with Crippen LogP contribution < -0.4 is 5.32 Å². The van der Waals surface area contributed by atoms with Crippen LogP contribution in [0.2, 0.25) is 0 Å². The standard InChI is InChI=1S/C17H21N3O2/c21-16(19-14-7-2-1-3-8-14)10-11-17(22)20-15-9-5-4-6-13(15)12-18-20/h4-6,9,12,14H,1-3,7-8,10-11H2,(H,19,21). The number of fused-ring (bicyclic) bond motifs is 1. The topological polar surface area (TPSA) is 64.0 Å². The summed E-state index contributed by atoms with van der Waals surface area (Å²) in [7, 11) is 0. The van der Waals surface area contributed by atoms with Gasteiger partial charge in [0.2, 0.25) is 11.8 Å². The molecule has 1 aliphatic rings. The molecule has 0 bridgehead atoms. The lowest BCUT2D eigenvalue weighted by atomic mass is 9.95. The molecule has 3 rings (SSSR count). The third kappa shape index (κ3) is 3.35. The van der Waals surface area contributed by atoms with Crippen LogP contribution in [0.4, 0.5) is 0 Å². The molecule has 1 fully saturated rings. The molecule has 0 radical (unpaired) electrons. The Labute approximate surface area is 129 Å². The Hall–Kier alpha value is -2.17. The Morgan fingerprint density at radius 3 is 2.73 bits per heavy atom. The Morgan fingerprint density at radius 1 is 1.14 bits per heavy atom. The number of benzene rings is 1. The molecular weight excluding hydrogens is 278 g/mol. The summed E-state index contributed by atoms with van der Waals surface area (Å²) in [4.78, 5) is 24.2. The van der Waals surface area contributed by atoms with Gasteiger partial charge in [0.25, 0.3) is 0 Å². The molecule has 0 spiro atoms. The molecule has 0 atom stereocenters. The number of carbonyl (C=O) groups excluding carboxylic acids is 2. The molecule has 0 saturated heterocycles. The first-order valence-electron chi connectivity index (χ1n) is 7.99.